The van der Waals surface area contributed by atoms with E-state index in [0.29, 0.717) is 0 Å². The number of rotatable bonds is 7. The maximum Gasteiger partial charge on any atom is 0.324 e. The molecule has 8 heteroatoms. The number of ether oxygens (including phenoxy) is 1. The van der Waals surface area contributed by atoms with Crippen LogP contribution in [0.25, 0.3) is 0 Å². The molecule has 0 aromatic carbocycles. The predicted octanol–water partition coefficient (Wildman–Crippen LogP) is -1.08. The van der Waals surface area contributed by atoms with E-state index in [2.05, 4.69) is 9.46 Å². The van der Waals surface area contributed by atoms with Gasteiger partial charge in [0.1, 0.15) is 5.54 Å². The highest BCUT2D eigenvalue weighted by atomic mass is 32.2. The van der Waals surface area contributed by atoms with Gasteiger partial charge in [0.25, 0.3) is 10.2 Å². The number of hydrogen-bond acceptors (Lipinski definition) is 4. The lowest BCUT2D eigenvalue weighted by Crippen LogP contribution is -2.53. The Morgan fingerprint density at radius 1 is 1.47 bits per heavy atom. The number of methoxy groups -OCH3 is 1. The van der Waals surface area contributed by atoms with Gasteiger partial charge in [0, 0.05) is 13.7 Å². The molecular weight excluding hydrogens is 224 g/mol. The molecule has 0 saturated carbocycles. The summed E-state index contributed by atoms with van der Waals surface area (Å²) in [6.07, 6.45) is 0. The highest BCUT2D eigenvalue weighted by Gasteiger charge is 2.31. The number of carboxylic acids is 1. The monoisotopic (exact) mass is 240 g/mol. The second-order valence-electron chi connectivity index (χ2n) is 3.42. The summed E-state index contributed by atoms with van der Waals surface area (Å²) in [5.41, 5.74) is -1.54. The first-order valence-corrected chi connectivity index (χ1v) is 5.70. The predicted molar refractivity (Wildman–Crippen MR) is 53.6 cm³/mol. The SMILES string of the molecule is COCCNS(=O)(=O)NC(C)(C)C(=O)O. The second kappa shape index (κ2) is 5.40. The Labute approximate surface area is 89.0 Å². The lowest BCUT2D eigenvalue weighted by Gasteiger charge is -2.20. The molecule has 0 radical (unpaired) electrons. The van der Waals surface area contributed by atoms with Crippen LogP contribution in [0.2, 0.25) is 0 Å². The van der Waals surface area contributed by atoms with Crippen molar-refractivity contribution in [2.24, 2.45) is 0 Å². The van der Waals surface area contributed by atoms with E-state index in [1.165, 1.54) is 21.0 Å². The van der Waals surface area contributed by atoms with Crippen molar-refractivity contribution in [3.05, 3.63) is 0 Å². The molecule has 0 aromatic rings. The van der Waals surface area contributed by atoms with E-state index in [1.807, 2.05) is 4.72 Å². The van der Waals surface area contributed by atoms with E-state index in [0.717, 1.165) is 0 Å². The van der Waals surface area contributed by atoms with Crippen LogP contribution in [0, 0.1) is 0 Å². The minimum Gasteiger partial charge on any atom is -0.480 e. The van der Waals surface area contributed by atoms with Crippen molar-refractivity contribution in [1.29, 1.82) is 0 Å². The molecule has 0 aliphatic rings. The van der Waals surface area contributed by atoms with Gasteiger partial charge in [-0.2, -0.15) is 17.9 Å². The Balaban J connectivity index is 4.32. The van der Waals surface area contributed by atoms with Crippen LogP contribution in [0.3, 0.4) is 0 Å². The number of carbonyl (C=O) groups is 1. The van der Waals surface area contributed by atoms with Crippen LogP contribution in [0.5, 0.6) is 0 Å². The van der Waals surface area contributed by atoms with E-state index in [1.54, 1.807) is 0 Å². The Bertz CT molecular complexity index is 311. The molecular formula is C7H16N2O5S. The third-order valence-electron chi connectivity index (χ3n) is 1.52. The topological polar surface area (TPSA) is 105 Å². The zero-order chi connectivity index (χ0) is 12.1. The molecule has 0 bridgehead atoms. The summed E-state index contributed by atoms with van der Waals surface area (Å²) >= 11 is 0. The van der Waals surface area contributed by atoms with E-state index in [4.69, 9.17) is 5.11 Å². The summed E-state index contributed by atoms with van der Waals surface area (Å²) < 4.78 is 31.4. The average Bonchev–Trinajstić information content (AvgIpc) is 2.01. The minimum absolute atomic E-state index is 0.0849. The molecule has 0 saturated heterocycles. The molecule has 15 heavy (non-hydrogen) atoms. The summed E-state index contributed by atoms with van der Waals surface area (Å²) in [7, 11) is -2.38. The van der Waals surface area contributed by atoms with Gasteiger partial charge in [0.2, 0.25) is 0 Å². The van der Waals surface area contributed by atoms with Crippen LogP contribution in [-0.2, 0) is 19.7 Å². The van der Waals surface area contributed by atoms with Gasteiger partial charge in [-0.05, 0) is 13.8 Å². The van der Waals surface area contributed by atoms with Gasteiger partial charge in [-0.15, -0.1) is 0 Å². The normalized spacial score (nSPS) is 12.7. The summed E-state index contributed by atoms with van der Waals surface area (Å²) in [4.78, 5) is 10.6. The molecule has 0 aromatic heterocycles. The van der Waals surface area contributed by atoms with Crippen LogP contribution in [0.1, 0.15) is 13.8 Å². The fourth-order valence-electron chi connectivity index (χ4n) is 0.694. The van der Waals surface area contributed by atoms with Gasteiger partial charge in [0.15, 0.2) is 0 Å². The van der Waals surface area contributed by atoms with Crippen molar-refractivity contribution < 1.29 is 23.1 Å². The molecule has 0 unspecified atom stereocenters. The van der Waals surface area contributed by atoms with Crippen LogP contribution in [-0.4, -0.2) is 45.3 Å². The number of nitrogens with one attached hydrogen (secondary N) is 2. The molecule has 0 heterocycles. The van der Waals surface area contributed by atoms with E-state index in [-0.39, 0.29) is 13.2 Å². The third kappa shape index (κ3) is 5.67. The fourth-order valence-corrected chi connectivity index (χ4v) is 1.88. The molecule has 90 valence electrons. The van der Waals surface area contributed by atoms with Gasteiger partial charge in [-0.1, -0.05) is 0 Å². The van der Waals surface area contributed by atoms with Crippen LogP contribution < -0.4 is 9.44 Å². The molecule has 0 aliphatic carbocycles. The van der Waals surface area contributed by atoms with E-state index in [9.17, 15) is 13.2 Å². The van der Waals surface area contributed by atoms with Gasteiger partial charge < -0.3 is 9.84 Å². The van der Waals surface area contributed by atoms with Crippen LogP contribution >= 0.6 is 0 Å². The van der Waals surface area contributed by atoms with Crippen molar-refractivity contribution in [3.8, 4) is 0 Å². The molecule has 0 atom stereocenters. The minimum atomic E-state index is -3.82. The summed E-state index contributed by atoms with van der Waals surface area (Å²) in [6.45, 7) is 2.81. The maximum absolute atomic E-state index is 11.3. The smallest absolute Gasteiger partial charge is 0.324 e. The van der Waals surface area contributed by atoms with Gasteiger partial charge in [0.05, 0.1) is 6.61 Å². The highest BCUT2D eigenvalue weighted by Crippen LogP contribution is 2.02. The first-order chi connectivity index (χ1) is 6.71. The van der Waals surface area contributed by atoms with Crippen molar-refractivity contribution in [1.82, 2.24) is 9.44 Å². The average molecular weight is 240 g/mol. The third-order valence-corrected chi connectivity index (χ3v) is 2.89. The van der Waals surface area contributed by atoms with E-state index < -0.39 is 21.7 Å². The second-order valence-corrected chi connectivity index (χ2v) is 4.92. The number of carboxylic acid groups (broad SMARTS) is 1. The Morgan fingerprint density at radius 3 is 2.40 bits per heavy atom. The van der Waals surface area contributed by atoms with Gasteiger partial charge in [-0.25, -0.2) is 0 Å². The zero-order valence-corrected chi connectivity index (χ0v) is 9.72. The van der Waals surface area contributed by atoms with Crippen molar-refractivity contribution in [2.75, 3.05) is 20.3 Å². The number of hydrogen-bond donors (Lipinski definition) is 3. The van der Waals surface area contributed by atoms with Crippen LogP contribution in [0.15, 0.2) is 0 Å². The summed E-state index contributed by atoms with van der Waals surface area (Å²) in [5, 5.41) is 8.70. The Hall–Kier alpha value is -0.700. The Morgan fingerprint density at radius 2 is 2.00 bits per heavy atom. The van der Waals surface area contributed by atoms with Crippen molar-refractivity contribution in [2.45, 2.75) is 19.4 Å². The van der Waals surface area contributed by atoms with E-state index >= 15 is 0 Å². The molecule has 0 fully saturated rings. The molecule has 0 rings (SSSR count). The van der Waals surface area contributed by atoms with Crippen molar-refractivity contribution in [3.63, 3.8) is 0 Å². The zero-order valence-electron chi connectivity index (χ0n) is 8.90. The largest absolute Gasteiger partial charge is 0.480 e. The highest BCUT2D eigenvalue weighted by molar-refractivity contribution is 7.87. The molecule has 0 aliphatic heterocycles. The van der Waals surface area contributed by atoms with Gasteiger partial charge >= 0.3 is 5.97 Å². The standard InChI is InChI=1S/C7H16N2O5S/c1-7(2,6(10)11)9-15(12,13)8-4-5-14-3/h8-9H,4-5H2,1-3H3,(H,10,11). The molecule has 7 nitrogen and oxygen atoms in total. The quantitative estimate of drug-likeness (QED) is 0.491. The molecule has 0 spiro atoms. The maximum atomic E-state index is 11.3. The molecule has 0 amide bonds. The number of aliphatic carboxylic acids is 1. The Kier molecular flexibility index (Phi) is 5.15. The first kappa shape index (κ1) is 14.3. The fraction of sp³-hybridized carbons (Fsp3) is 0.857. The lowest BCUT2D eigenvalue weighted by molar-refractivity contribution is -0.142. The summed E-state index contributed by atoms with van der Waals surface area (Å²) in [6, 6.07) is 0. The molecule has 3 N–H and O–H groups in total. The van der Waals surface area contributed by atoms with Crippen molar-refractivity contribution >= 4 is 16.2 Å². The lowest BCUT2D eigenvalue weighted by atomic mass is 10.1. The van der Waals surface area contributed by atoms with Crippen LogP contribution in [0.4, 0.5) is 0 Å². The summed E-state index contributed by atoms with van der Waals surface area (Å²) in [5.74, 6) is -1.25. The van der Waals surface area contributed by atoms with Gasteiger partial charge in [-0.3, -0.25) is 4.79 Å². The first-order valence-electron chi connectivity index (χ1n) is 4.22.